The molecule has 0 aliphatic carbocycles. The fourth-order valence-electron chi connectivity index (χ4n) is 0. The van der Waals surface area contributed by atoms with E-state index in [9.17, 15) is 4.55 Å². The van der Waals surface area contributed by atoms with Gasteiger partial charge in [0.2, 0.25) is 0 Å². The first kappa shape index (κ1) is 5.59. The SMILES string of the molecule is C[S+]([O-])B=S. The molecule has 1 nitrogen and oxygen atoms in total. The van der Waals surface area contributed by atoms with Crippen molar-refractivity contribution in [2.45, 2.75) is 0 Å². The fourth-order valence-corrected chi connectivity index (χ4v) is 0. The Bertz CT molecular complexity index is 36.6. The molecule has 4 heteroatoms. The van der Waals surface area contributed by atoms with Crippen LogP contribution in [0.1, 0.15) is 0 Å². The molecule has 0 amide bonds. The van der Waals surface area contributed by atoms with E-state index in [1.54, 1.807) is 0 Å². The van der Waals surface area contributed by atoms with Crippen molar-refractivity contribution in [2.75, 3.05) is 6.26 Å². The van der Waals surface area contributed by atoms with E-state index in [1.807, 2.05) is 0 Å². The van der Waals surface area contributed by atoms with Crippen LogP contribution in [0.15, 0.2) is 0 Å². The van der Waals surface area contributed by atoms with Crippen molar-refractivity contribution in [3.8, 4) is 0 Å². The van der Waals surface area contributed by atoms with E-state index < -0.39 is 11.0 Å². The third-order valence-corrected chi connectivity index (χ3v) is 1.22. The molecular weight excluding hydrogens is 103 g/mol. The average Bonchev–Trinajstić information content (AvgIpc) is 1.38. The minimum atomic E-state index is -0.883. The Morgan fingerprint density at radius 3 is 2.20 bits per heavy atom. The summed E-state index contributed by atoms with van der Waals surface area (Å²) in [6.07, 6.45) is 1.53. The molecule has 5 heavy (non-hydrogen) atoms. The van der Waals surface area contributed by atoms with Gasteiger partial charge in [-0.15, -0.1) is 0 Å². The molecule has 0 aliphatic heterocycles. The van der Waals surface area contributed by atoms with E-state index in [0.29, 0.717) is 0 Å². The zero-order chi connectivity index (χ0) is 4.28. The van der Waals surface area contributed by atoms with Crippen molar-refractivity contribution in [2.24, 2.45) is 0 Å². The van der Waals surface area contributed by atoms with Gasteiger partial charge < -0.3 is 0 Å². The molecule has 1 atom stereocenters. The summed E-state index contributed by atoms with van der Waals surface area (Å²) in [6, 6.07) is 0. The molecule has 0 rings (SSSR count). The Kier molecular flexibility index (Phi) is 3.15. The van der Waals surface area contributed by atoms with Crippen molar-refractivity contribution >= 4 is 28.5 Å². The normalized spacial score (nSPS) is 13.2. The summed E-state index contributed by atoms with van der Waals surface area (Å²) < 4.78 is 9.76. The third kappa shape index (κ3) is 4.59. The van der Waals surface area contributed by atoms with Gasteiger partial charge >= 0.3 is 39.3 Å². The van der Waals surface area contributed by atoms with Crippen molar-refractivity contribution in [3.05, 3.63) is 0 Å². The van der Waals surface area contributed by atoms with Gasteiger partial charge in [-0.2, -0.15) is 0 Å². The summed E-state index contributed by atoms with van der Waals surface area (Å²) in [5, 5.41) is 0. The van der Waals surface area contributed by atoms with Crippen molar-refractivity contribution in [3.63, 3.8) is 0 Å². The van der Waals surface area contributed by atoms with E-state index >= 15 is 0 Å². The molecule has 0 aliphatic rings. The summed E-state index contributed by atoms with van der Waals surface area (Å²) in [6.45, 7) is 0. The van der Waals surface area contributed by atoms with Crippen LogP contribution in [0.4, 0.5) is 0 Å². The summed E-state index contributed by atoms with van der Waals surface area (Å²) >= 11 is 3.37. The van der Waals surface area contributed by atoms with Gasteiger partial charge in [-0.25, -0.2) is 0 Å². The second-order valence-electron chi connectivity index (χ2n) is 0.595. The predicted molar refractivity (Wildman–Crippen MR) is 27.4 cm³/mol. The van der Waals surface area contributed by atoms with Gasteiger partial charge in [-0.1, -0.05) is 0 Å². The predicted octanol–water partition coefficient (Wildman–Crippen LogP) is 0.0966. The van der Waals surface area contributed by atoms with E-state index in [2.05, 4.69) is 12.1 Å². The quantitative estimate of drug-likeness (QED) is 0.349. The first-order valence-electron chi connectivity index (χ1n) is 1.05. The Morgan fingerprint density at radius 1 is 2.00 bits per heavy atom. The van der Waals surface area contributed by atoms with E-state index in [1.165, 1.54) is 11.7 Å². The van der Waals surface area contributed by atoms with E-state index in [0.717, 1.165) is 0 Å². The van der Waals surface area contributed by atoms with Crippen LogP contribution in [0.2, 0.25) is 0 Å². The minimum absolute atomic E-state index is 0.883. The first-order valence-corrected chi connectivity index (χ1v) is 3.14. The Morgan fingerprint density at radius 2 is 2.20 bits per heavy atom. The van der Waals surface area contributed by atoms with Gasteiger partial charge in [0, 0.05) is 0 Å². The monoisotopic (exact) mass is 106 g/mol. The van der Waals surface area contributed by atoms with Crippen LogP contribution in [-0.4, -0.2) is 16.2 Å². The second kappa shape index (κ2) is 2.81. The molecule has 0 aromatic carbocycles. The van der Waals surface area contributed by atoms with Crippen molar-refractivity contribution in [1.29, 1.82) is 0 Å². The second-order valence-corrected chi connectivity index (χ2v) is 2.36. The zero-order valence-corrected chi connectivity index (χ0v) is 4.44. The molecule has 28 valence electrons. The molecule has 0 aromatic rings. The summed E-state index contributed by atoms with van der Waals surface area (Å²) in [4.78, 5) is 0. The van der Waals surface area contributed by atoms with Crippen molar-refractivity contribution < 1.29 is 4.55 Å². The molecule has 0 radical (unpaired) electrons. The topological polar surface area (TPSA) is 23.1 Å². The standard InChI is InChI=1S/CH3BOS2/c1-5(3)2-4/h1H3. The molecule has 0 bridgehead atoms. The number of rotatable bonds is 1. The summed E-state index contributed by atoms with van der Waals surface area (Å²) in [7, 11) is 0. The van der Waals surface area contributed by atoms with E-state index in [-0.39, 0.29) is 0 Å². The number of hydrogen-bond donors (Lipinski definition) is 0. The van der Waals surface area contributed by atoms with Gasteiger partial charge in [0.25, 0.3) is 0 Å². The van der Waals surface area contributed by atoms with Gasteiger partial charge in [-0.3, -0.25) is 0 Å². The average molecular weight is 106 g/mol. The van der Waals surface area contributed by atoms with Gasteiger partial charge in [0.1, 0.15) is 0 Å². The van der Waals surface area contributed by atoms with Crippen LogP contribution in [0.5, 0.6) is 0 Å². The molecule has 0 fully saturated rings. The van der Waals surface area contributed by atoms with Crippen LogP contribution < -0.4 is 0 Å². The van der Waals surface area contributed by atoms with Crippen LogP contribution >= 0.6 is 12.1 Å². The van der Waals surface area contributed by atoms with Crippen LogP contribution in [-0.2, 0) is 11.0 Å². The Labute approximate surface area is 39.9 Å². The van der Waals surface area contributed by atoms with Crippen LogP contribution in [0.3, 0.4) is 0 Å². The maximum absolute atomic E-state index is 9.76. The molecule has 0 aromatic heterocycles. The van der Waals surface area contributed by atoms with Crippen LogP contribution in [0.25, 0.3) is 0 Å². The molecule has 0 spiro atoms. The summed E-state index contributed by atoms with van der Waals surface area (Å²) in [5.41, 5.74) is 1.22. The zero-order valence-electron chi connectivity index (χ0n) is 2.80. The molecular formula is CH3BOS2. The van der Waals surface area contributed by atoms with E-state index in [4.69, 9.17) is 0 Å². The van der Waals surface area contributed by atoms with Gasteiger partial charge in [0.15, 0.2) is 0 Å². The Hall–Kier alpha value is 0.595. The number of hydrogen-bond acceptors (Lipinski definition) is 2. The molecule has 0 N–H and O–H groups in total. The Balaban J connectivity index is 2.83. The fraction of sp³-hybridized carbons (Fsp3) is 1.00. The molecule has 0 saturated heterocycles. The summed E-state index contributed by atoms with van der Waals surface area (Å²) in [5.74, 6) is 0. The third-order valence-electron chi connectivity index (χ3n) is 0.136. The van der Waals surface area contributed by atoms with Gasteiger partial charge in [-0.05, 0) is 0 Å². The van der Waals surface area contributed by atoms with Crippen LogP contribution in [0, 0.1) is 0 Å². The maximum atomic E-state index is 9.76. The van der Waals surface area contributed by atoms with Gasteiger partial charge in [0.05, 0.1) is 0 Å². The first-order chi connectivity index (χ1) is 2.27. The van der Waals surface area contributed by atoms with Crippen molar-refractivity contribution in [1.82, 2.24) is 0 Å². The molecule has 0 saturated carbocycles. The molecule has 1 unspecified atom stereocenters. The molecule has 0 heterocycles.